The van der Waals surface area contributed by atoms with Crippen LogP contribution in [0, 0.1) is 13.8 Å². The van der Waals surface area contributed by atoms with Gasteiger partial charge in [0.05, 0.1) is 6.10 Å². The molecule has 1 fully saturated rings. The monoisotopic (exact) mass is 406 g/mol. The van der Waals surface area contributed by atoms with Gasteiger partial charge in [-0.1, -0.05) is 18.2 Å². The Labute approximate surface area is 178 Å². The third-order valence-electron chi connectivity index (χ3n) is 6.26. The van der Waals surface area contributed by atoms with Gasteiger partial charge in [-0.3, -0.25) is 4.79 Å². The molecule has 2 aliphatic rings. The number of aryl methyl sites for hydroxylation is 2. The number of anilines is 1. The fourth-order valence-electron chi connectivity index (χ4n) is 4.25. The van der Waals surface area contributed by atoms with Crippen LogP contribution in [-0.4, -0.2) is 41.1 Å². The van der Waals surface area contributed by atoms with Gasteiger partial charge in [0.1, 0.15) is 11.4 Å². The van der Waals surface area contributed by atoms with Gasteiger partial charge in [0.15, 0.2) is 0 Å². The summed E-state index contributed by atoms with van der Waals surface area (Å²) in [5.74, 6) is 0.880. The maximum absolute atomic E-state index is 11.1. The van der Waals surface area contributed by atoms with Crippen molar-refractivity contribution in [3.8, 4) is 5.75 Å². The molecular weight excluding hydrogens is 376 g/mol. The first-order valence-corrected chi connectivity index (χ1v) is 10.6. The first-order valence-electron chi connectivity index (χ1n) is 10.6. The Morgan fingerprint density at radius 1 is 1.17 bits per heavy atom. The minimum atomic E-state index is -0.556. The molecule has 30 heavy (non-hydrogen) atoms. The fourth-order valence-corrected chi connectivity index (χ4v) is 4.25. The molecule has 1 amide bonds. The van der Waals surface area contributed by atoms with Crippen molar-refractivity contribution in [2.75, 3.05) is 25.0 Å². The topological polar surface area (TPSA) is 61.8 Å². The lowest BCUT2D eigenvalue weighted by molar-refractivity contribution is -0.114. The van der Waals surface area contributed by atoms with Gasteiger partial charge < -0.3 is 20.1 Å². The molecule has 0 radical (unpaired) electrons. The van der Waals surface area contributed by atoms with Crippen LogP contribution in [-0.2, 0) is 4.79 Å². The molecule has 1 saturated heterocycles. The molecule has 0 bridgehead atoms. The van der Waals surface area contributed by atoms with Gasteiger partial charge in [-0.05, 0) is 60.9 Å². The number of nitrogens with zero attached hydrogens (tertiary/aromatic N) is 1. The van der Waals surface area contributed by atoms with Crippen molar-refractivity contribution in [1.82, 2.24) is 4.90 Å². The molecule has 2 aliphatic heterocycles. The van der Waals surface area contributed by atoms with Gasteiger partial charge in [0, 0.05) is 50.7 Å². The second kappa shape index (κ2) is 8.25. The first kappa shape index (κ1) is 20.6. The number of hydrogen-bond acceptors (Lipinski definition) is 4. The number of carbonyl (C=O) groups excluding carboxylic acids is 1. The number of hydrogen-bond donors (Lipinski definition) is 2. The Bertz CT molecular complexity index is 957. The van der Waals surface area contributed by atoms with Crippen LogP contribution in [0.25, 0.3) is 6.08 Å². The molecule has 0 unspecified atom stereocenters. The highest BCUT2D eigenvalue weighted by Crippen LogP contribution is 2.38. The van der Waals surface area contributed by atoms with Crippen molar-refractivity contribution in [3.05, 3.63) is 64.7 Å². The van der Waals surface area contributed by atoms with Gasteiger partial charge in [-0.15, -0.1) is 0 Å². The van der Waals surface area contributed by atoms with E-state index >= 15 is 0 Å². The van der Waals surface area contributed by atoms with Crippen molar-refractivity contribution in [2.45, 2.75) is 45.3 Å². The summed E-state index contributed by atoms with van der Waals surface area (Å²) in [4.78, 5) is 13.4. The largest absolute Gasteiger partial charge is 0.482 e. The highest BCUT2D eigenvalue weighted by molar-refractivity contribution is 5.88. The number of carbonyl (C=O) groups is 1. The highest BCUT2D eigenvalue weighted by atomic mass is 16.5. The molecular formula is C25H30N2O3. The molecule has 0 aromatic heterocycles. The van der Waals surface area contributed by atoms with Gasteiger partial charge in [0.2, 0.25) is 5.91 Å². The van der Waals surface area contributed by atoms with Crippen LogP contribution in [0.2, 0.25) is 0 Å². The molecule has 4 rings (SSSR count). The lowest BCUT2D eigenvalue weighted by Crippen LogP contribution is -2.48. The summed E-state index contributed by atoms with van der Waals surface area (Å²) >= 11 is 0. The van der Waals surface area contributed by atoms with E-state index in [9.17, 15) is 9.90 Å². The number of fused-ring (bicyclic) bond motifs is 1. The average Bonchev–Trinajstić information content (AvgIpc) is 2.71. The maximum atomic E-state index is 11.1. The lowest BCUT2D eigenvalue weighted by Gasteiger charge is -2.42. The molecule has 1 spiro atoms. The molecule has 5 nitrogen and oxygen atoms in total. The molecule has 2 aromatic rings. The number of piperidine rings is 1. The van der Waals surface area contributed by atoms with Crippen molar-refractivity contribution < 1.29 is 14.6 Å². The summed E-state index contributed by atoms with van der Waals surface area (Å²) in [7, 11) is 0. The number of ether oxygens (including phenoxy) is 1. The van der Waals surface area contributed by atoms with Crippen LogP contribution < -0.4 is 10.1 Å². The van der Waals surface area contributed by atoms with Crippen LogP contribution >= 0.6 is 0 Å². The van der Waals surface area contributed by atoms with Crippen molar-refractivity contribution in [1.29, 1.82) is 0 Å². The zero-order chi connectivity index (χ0) is 21.3. The number of β-amino-alcohol motifs (C(OH)–C–C–N with tert-alkyl or cyclic N) is 1. The van der Waals surface area contributed by atoms with Gasteiger partial charge in [-0.25, -0.2) is 0 Å². The van der Waals surface area contributed by atoms with Crippen molar-refractivity contribution in [2.24, 2.45) is 0 Å². The van der Waals surface area contributed by atoms with E-state index < -0.39 is 6.10 Å². The van der Waals surface area contributed by atoms with Gasteiger partial charge in [-0.2, -0.15) is 0 Å². The van der Waals surface area contributed by atoms with Crippen LogP contribution in [0.4, 0.5) is 5.69 Å². The van der Waals surface area contributed by atoms with E-state index in [4.69, 9.17) is 4.74 Å². The van der Waals surface area contributed by atoms with E-state index in [1.54, 1.807) is 0 Å². The number of aliphatic hydroxyl groups is 1. The molecule has 0 aliphatic carbocycles. The van der Waals surface area contributed by atoms with E-state index in [1.165, 1.54) is 18.1 Å². The smallest absolute Gasteiger partial charge is 0.221 e. The Hall–Kier alpha value is -2.63. The molecule has 2 heterocycles. The number of likely N-dealkylation sites (tertiary alicyclic amines) is 1. The van der Waals surface area contributed by atoms with Crippen molar-refractivity contribution in [3.63, 3.8) is 0 Å². The number of amides is 1. The lowest BCUT2D eigenvalue weighted by atomic mass is 9.87. The van der Waals surface area contributed by atoms with Crippen LogP contribution in [0.5, 0.6) is 5.75 Å². The summed E-state index contributed by atoms with van der Waals surface area (Å²) in [6.07, 6.45) is 5.68. The standard InChI is InChI=1S/C25H30N2O3/c1-17-14-21-8-9-25(30-24(21)15-18(17)2)10-12-27(13-11-25)16-23(29)20-4-6-22(7-5-20)26-19(3)28/h4-9,14-15,23,29H,10-13,16H2,1-3H3,(H,26,28)/t23-/m1/s1. The summed E-state index contributed by atoms with van der Waals surface area (Å²) in [6, 6.07) is 11.7. The quantitative estimate of drug-likeness (QED) is 0.797. The van der Waals surface area contributed by atoms with Crippen LogP contribution in [0.1, 0.15) is 48.1 Å². The third kappa shape index (κ3) is 4.42. The Morgan fingerprint density at radius 3 is 2.50 bits per heavy atom. The predicted molar refractivity (Wildman–Crippen MR) is 120 cm³/mol. The summed E-state index contributed by atoms with van der Waals surface area (Å²) in [5.41, 5.74) is 5.06. The molecule has 0 saturated carbocycles. The number of rotatable bonds is 4. The Balaban J connectivity index is 1.35. The molecule has 2 aromatic carbocycles. The summed E-state index contributed by atoms with van der Waals surface area (Å²) in [6.45, 7) is 8.09. The van der Waals surface area contributed by atoms with Gasteiger partial charge in [0.25, 0.3) is 0 Å². The predicted octanol–water partition coefficient (Wildman–Crippen LogP) is 4.24. The summed E-state index contributed by atoms with van der Waals surface area (Å²) in [5, 5.41) is 13.4. The summed E-state index contributed by atoms with van der Waals surface area (Å²) < 4.78 is 6.47. The first-order chi connectivity index (χ1) is 14.3. The SMILES string of the molecule is CC(=O)Nc1ccc([C@H](O)CN2CCC3(C=Cc4cc(C)c(C)cc4O3)CC2)cc1. The minimum absolute atomic E-state index is 0.0996. The molecule has 5 heteroatoms. The zero-order valence-corrected chi connectivity index (χ0v) is 17.9. The van der Waals surface area contributed by atoms with Crippen molar-refractivity contribution >= 4 is 17.7 Å². The number of nitrogens with one attached hydrogen (secondary N) is 1. The third-order valence-corrected chi connectivity index (χ3v) is 6.26. The van der Waals surface area contributed by atoms with E-state index in [0.717, 1.165) is 48.5 Å². The zero-order valence-electron chi connectivity index (χ0n) is 17.9. The van der Waals surface area contributed by atoms with Crippen LogP contribution in [0.3, 0.4) is 0 Å². The van der Waals surface area contributed by atoms with E-state index in [-0.39, 0.29) is 11.5 Å². The van der Waals surface area contributed by atoms with E-state index in [1.807, 2.05) is 24.3 Å². The fraction of sp³-hybridized carbons (Fsp3) is 0.400. The Kier molecular flexibility index (Phi) is 5.67. The maximum Gasteiger partial charge on any atom is 0.221 e. The molecule has 158 valence electrons. The van der Waals surface area contributed by atoms with E-state index in [2.05, 4.69) is 48.3 Å². The van der Waals surface area contributed by atoms with E-state index in [0.29, 0.717) is 6.54 Å². The minimum Gasteiger partial charge on any atom is -0.482 e. The number of aliphatic hydroxyl groups excluding tert-OH is 1. The molecule has 1 atom stereocenters. The number of benzene rings is 2. The van der Waals surface area contributed by atoms with Crippen LogP contribution in [0.15, 0.2) is 42.5 Å². The highest BCUT2D eigenvalue weighted by Gasteiger charge is 2.37. The normalized spacial score (nSPS) is 18.5. The average molecular weight is 407 g/mol. The second-order valence-electron chi connectivity index (χ2n) is 8.59. The second-order valence-corrected chi connectivity index (χ2v) is 8.59. The molecule has 2 N–H and O–H groups in total. The Morgan fingerprint density at radius 2 is 1.83 bits per heavy atom. The van der Waals surface area contributed by atoms with Gasteiger partial charge >= 0.3 is 0 Å².